The zero-order valence-electron chi connectivity index (χ0n) is 15.9. The number of furan rings is 1. The molecule has 0 aromatic carbocycles. The molecule has 0 unspecified atom stereocenters. The van der Waals surface area contributed by atoms with E-state index in [1.54, 1.807) is 0 Å². The number of amides is 2. The van der Waals surface area contributed by atoms with Crippen molar-refractivity contribution in [3.8, 4) is 0 Å². The highest BCUT2D eigenvalue weighted by Crippen LogP contribution is 2.24. The summed E-state index contributed by atoms with van der Waals surface area (Å²) in [5.41, 5.74) is 1.07. The Morgan fingerprint density at radius 3 is 2.64 bits per heavy atom. The summed E-state index contributed by atoms with van der Waals surface area (Å²) in [7, 11) is 0. The number of aryl methyl sites for hydroxylation is 2. The Morgan fingerprint density at radius 2 is 1.92 bits per heavy atom. The summed E-state index contributed by atoms with van der Waals surface area (Å²) in [6.45, 7) is 9.48. The lowest BCUT2D eigenvalue weighted by molar-refractivity contribution is 0.189. The molecular formula is C20H33N3O2. The maximum atomic E-state index is 12.5. The molecule has 1 aliphatic carbocycles. The van der Waals surface area contributed by atoms with E-state index in [-0.39, 0.29) is 6.03 Å². The fourth-order valence-corrected chi connectivity index (χ4v) is 4.23. The SMILES string of the molecule is Cc1cc(CNC(=O)N2CCCN(CC3CCCCC3)CC2)c(C)o1. The minimum absolute atomic E-state index is 0.0535. The van der Waals surface area contributed by atoms with Crippen LogP contribution >= 0.6 is 0 Å². The standard InChI is InChI=1S/C20H33N3O2/c1-16-13-19(17(2)25-16)14-21-20(24)23-10-6-9-22(11-12-23)15-18-7-4-3-5-8-18/h13,18H,3-12,14-15H2,1-2H3,(H,21,24). The Labute approximate surface area is 151 Å². The van der Waals surface area contributed by atoms with Crippen LogP contribution in [0.5, 0.6) is 0 Å². The van der Waals surface area contributed by atoms with Gasteiger partial charge in [-0.05, 0) is 51.6 Å². The average Bonchev–Trinajstić information content (AvgIpc) is 2.79. The molecule has 0 atom stereocenters. The van der Waals surface area contributed by atoms with Crippen LogP contribution in [0.15, 0.2) is 10.5 Å². The molecule has 3 rings (SSSR count). The van der Waals surface area contributed by atoms with E-state index in [1.165, 1.54) is 38.6 Å². The van der Waals surface area contributed by atoms with Gasteiger partial charge in [0.05, 0.1) is 0 Å². The van der Waals surface area contributed by atoms with Gasteiger partial charge in [0, 0.05) is 38.3 Å². The van der Waals surface area contributed by atoms with Gasteiger partial charge in [-0.15, -0.1) is 0 Å². The van der Waals surface area contributed by atoms with Gasteiger partial charge in [-0.1, -0.05) is 19.3 Å². The third-order valence-corrected chi connectivity index (χ3v) is 5.69. The molecule has 5 heteroatoms. The molecule has 2 heterocycles. The number of carbonyl (C=O) groups is 1. The van der Waals surface area contributed by atoms with E-state index in [0.717, 1.165) is 55.6 Å². The third kappa shape index (κ3) is 5.24. The van der Waals surface area contributed by atoms with Crippen molar-refractivity contribution in [1.82, 2.24) is 15.1 Å². The van der Waals surface area contributed by atoms with Crippen LogP contribution in [0.25, 0.3) is 0 Å². The molecule has 140 valence electrons. The van der Waals surface area contributed by atoms with E-state index in [2.05, 4.69) is 10.2 Å². The minimum Gasteiger partial charge on any atom is -0.466 e. The van der Waals surface area contributed by atoms with Gasteiger partial charge in [0.25, 0.3) is 0 Å². The van der Waals surface area contributed by atoms with Crippen LogP contribution < -0.4 is 5.32 Å². The molecule has 1 aliphatic heterocycles. The van der Waals surface area contributed by atoms with E-state index in [1.807, 2.05) is 24.8 Å². The Hall–Kier alpha value is -1.49. The van der Waals surface area contributed by atoms with Crippen molar-refractivity contribution >= 4 is 6.03 Å². The first-order valence-corrected chi connectivity index (χ1v) is 9.93. The zero-order valence-corrected chi connectivity index (χ0v) is 15.9. The maximum absolute atomic E-state index is 12.5. The van der Waals surface area contributed by atoms with Crippen LogP contribution in [0, 0.1) is 19.8 Å². The summed E-state index contributed by atoms with van der Waals surface area (Å²) >= 11 is 0. The van der Waals surface area contributed by atoms with Crippen molar-refractivity contribution in [2.45, 2.75) is 58.9 Å². The highest BCUT2D eigenvalue weighted by molar-refractivity contribution is 5.74. The number of nitrogens with zero attached hydrogens (tertiary/aromatic N) is 2. The monoisotopic (exact) mass is 347 g/mol. The second-order valence-electron chi connectivity index (χ2n) is 7.74. The van der Waals surface area contributed by atoms with Gasteiger partial charge < -0.3 is 19.5 Å². The van der Waals surface area contributed by atoms with E-state index < -0.39 is 0 Å². The van der Waals surface area contributed by atoms with Crippen molar-refractivity contribution in [3.63, 3.8) is 0 Å². The summed E-state index contributed by atoms with van der Waals surface area (Å²) in [5, 5.41) is 3.06. The van der Waals surface area contributed by atoms with E-state index in [4.69, 9.17) is 4.42 Å². The Bertz CT molecular complexity index is 563. The number of hydrogen-bond acceptors (Lipinski definition) is 3. The molecule has 2 amide bonds. The summed E-state index contributed by atoms with van der Waals surface area (Å²) in [6, 6.07) is 2.06. The van der Waals surface area contributed by atoms with Gasteiger partial charge in [0.2, 0.25) is 0 Å². The number of urea groups is 1. The van der Waals surface area contributed by atoms with Crippen LogP contribution in [-0.2, 0) is 6.54 Å². The fraction of sp³-hybridized carbons (Fsp3) is 0.750. The van der Waals surface area contributed by atoms with Gasteiger partial charge >= 0.3 is 6.03 Å². The Morgan fingerprint density at radius 1 is 1.12 bits per heavy atom. The van der Waals surface area contributed by atoms with Crippen molar-refractivity contribution < 1.29 is 9.21 Å². The van der Waals surface area contributed by atoms with Crippen LogP contribution in [0.2, 0.25) is 0 Å². The minimum atomic E-state index is 0.0535. The zero-order chi connectivity index (χ0) is 17.6. The first-order valence-electron chi connectivity index (χ1n) is 9.93. The lowest BCUT2D eigenvalue weighted by atomic mass is 9.89. The molecule has 1 aromatic heterocycles. The summed E-state index contributed by atoms with van der Waals surface area (Å²) in [6.07, 6.45) is 8.08. The van der Waals surface area contributed by atoms with E-state index in [0.29, 0.717) is 6.54 Å². The highest BCUT2D eigenvalue weighted by atomic mass is 16.3. The van der Waals surface area contributed by atoms with Crippen molar-refractivity contribution in [1.29, 1.82) is 0 Å². The number of rotatable bonds is 4. The van der Waals surface area contributed by atoms with Crippen LogP contribution in [0.1, 0.15) is 55.6 Å². The molecule has 0 spiro atoms. The predicted molar refractivity (Wildman–Crippen MR) is 99.6 cm³/mol. The van der Waals surface area contributed by atoms with Crippen molar-refractivity contribution in [3.05, 3.63) is 23.2 Å². The van der Waals surface area contributed by atoms with E-state index in [9.17, 15) is 4.79 Å². The first-order chi connectivity index (χ1) is 12.1. The lowest BCUT2D eigenvalue weighted by Crippen LogP contribution is -2.42. The molecule has 0 bridgehead atoms. The third-order valence-electron chi connectivity index (χ3n) is 5.69. The van der Waals surface area contributed by atoms with Gasteiger partial charge in [0.15, 0.2) is 0 Å². The smallest absolute Gasteiger partial charge is 0.317 e. The summed E-state index contributed by atoms with van der Waals surface area (Å²) < 4.78 is 5.53. The molecule has 0 radical (unpaired) electrons. The number of nitrogens with one attached hydrogen (secondary N) is 1. The largest absolute Gasteiger partial charge is 0.466 e. The lowest BCUT2D eigenvalue weighted by Gasteiger charge is -2.28. The van der Waals surface area contributed by atoms with Crippen LogP contribution in [-0.4, -0.2) is 48.6 Å². The molecule has 25 heavy (non-hydrogen) atoms. The number of carbonyl (C=O) groups excluding carboxylic acids is 1. The Balaban J connectivity index is 1.43. The number of hydrogen-bond donors (Lipinski definition) is 1. The molecule has 1 N–H and O–H groups in total. The second kappa shape index (κ2) is 8.75. The van der Waals surface area contributed by atoms with Crippen molar-refractivity contribution in [2.24, 2.45) is 5.92 Å². The first kappa shape index (κ1) is 18.3. The fourth-order valence-electron chi connectivity index (χ4n) is 4.23. The maximum Gasteiger partial charge on any atom is 0.317 e. The molecule has 1 aromatic rings. The summed E-state index contributed by atoms with van der Waals surface area (Å²) in [5.74, 6) is 2.67. The molecule has 5 nitrogen and oxygen atoms in total. The van der Waals surface area contributed by atoms with Gasteiger partial charge in [-0.25, -0.2) is 4.79 Å². The molecule has 1 saturated carbocycles. The topological polar surface area (TPSA) is 48.7 Å². The summed E-state index contributed by atoms with van der Waals surface area (Å²) in [4.78, 5) is 17.1. The normalized spacial score (nSPS) is 20.5. The predicted octanol–water partition coefficient (Wildman–Crippen LogP) is 3.69. The van der Waals surface area contributed by atoms with Gasteiger partial charge in [-0.3, -0.25) is 0 Å². The molecule has 1 saturated heterocycles. The quantitative estimate of drug-likeness (QED) is 0.903. The van der Waals surface area contributed by atoms with E-state index >= 15 is 0 Å². The van der Waals surface area contributed by atoms with Crippen LogP contribution in [0.4, 0.5) is 4.79 Å². The van der Waals surface area contributed by atoms with Gasteiger partial charge in [0.1, 0.15) is 11.5 Å². The molecular weight excluding hydrogens is 314 g/mol. The van der Waals surface area contributed by atoms with Crippen molar-refractivity contribution in [2.75, 3.05) is 32.7 Å². The second-order valence-corrected chi connectivity index (χ2v) is 7.74. The van der Waals surface area contributed by atoms with Crippen LogP contribution in [0.3, 0.4) is 0 Å². The molecule has 2 fully saturated rings. The average molecular weight is 348 g/mol. The molecule has 2 aliphatic rings. The van der Waals surface area contributed by atoms with Gasteiger partial charge in [-0.2, -0.15) is 0 Å². The Kier molecular flexibility index (Phi) is 6.40. The highest BCUT2D eigenvalue weighted by Gasteiger charge is 2.22.